The van der Waals surface area contributed by atoms with E-state index in [1.54, 1.807) is 6.08 Å². The number of carbonyl (C=O) groups is 2. The summed E-state index contributed by atoms with van der Waals surface area (Å²) in [5, 5.41) is 19.5. The first-order valence-corrected chi connectivity index (χ1v) is 20.9. The largest absolute Gasteiger partial charge is 0.463 e. The minimum Gasteiger partial charge on any atom is -0.463 e. The molecule has 294 valence electrons. The molecule has 6 heteroatoms. The number of ether oxygens (including phenoxy) is 2. The van der Waals surface area contributed by atoms with Crippen molar-refractivity contribution in [3.05, 3.63) is 60.8 Å². The molecule has 2 N–H and O–H groups in total. The van der Waals surface area contributed by atoms with Crippen molar-refractivity contribution in [3.8, 4) is 0 Å². The van der Waals surface area contributed by atoms with Gasteiger partial charge in [0, 0.05) is 12.8 Å². The Labute approximate surface area is 313 Å². The number of hydrogen-bond donors (Lipinski definition) is 2. The van der Waals surface area contributed by atoms with Crippen LogP contribution in [0.5, 0.6) is 0 Å². The van der Waals surface area contributed by atoms with E-state index in [0.717, 1.165) is 51.4 Å². The van der Waals surface area contributed by atoms with Crippen LogP contribution >= 0.6 is 0 Å². The van der Waals surface area contributed by atoms with Crippen LogP contribution in [-0.2, 0) is 19.1 Å². The van der Waals surface area contributed by atoms with Gasteiger partial charge in [0.2, 0.25) is 0 Å². The van der Waals surface area contributed by atoms with E-state index in [0.29, 0.717) is 19.3 Å². The molecular weight excluding hydrogens is 636 g/mol. The number of carbonyl (C=O) groups excluding carboxylic acids is 2. The number of rotatable bonds is 37. The van der Waals surface area contributed by atoms with E-state index in [-0.39, 0.29) is 31.3 Å². The Hall–Kier alpha value is -2.44. The number of aliphatic hydroxyl groups is 2. The van der Waals surface area contributed by atoms with Gasteiger partial charge in [-0.3, -0.25) is 9.59 Å². The molecule has 0 rings (SSSR count). The molecule has 0 aliphatic carbocycles. The van der Waals surface area contributed by atoms with Crippen molar-refractivity contribution in [2.45, 2.75) is 199 Å². The van der Waals surface area contributed by atoms with E-state index >= 15 is 0 Å². The summed E-state index contributed by atoms with van der Waals surface area (Å²) in [5.41, 5.74) is 0. The summed E-state index contributed by atoms with van der Waals surface area (Å²) in [4.78, 5) is 24.0. The van der Waals surface area contributed by atoms with Gasteiger partial charge >= 0.3 is 11.9 Å². The Kier molecular flexibility index (Phi) is 38.4. The molecule has 0 aromatic carbocycles. The molecule has 0 radical (unpaired) electrons. The van der Waals surface area contributed by atoms with Gasteiger partial charge in [-0.15, -0.1) is 0 Å². The maximum Gasteiger partial charge on any atom is 0.305 e. The number of unbranched alkanes of at least 4 members (excludes halogenated alkanes) is 19. The topological polar surface area (TPSA) is 93.1 Å². The smallest absolute Gasteiger partial charge is 0.305 e. The lowest BCUT2D eigenvalue weighted by molar-refractivity contribution is -0.152. The lowest BCUT2D eigenvalue weighted by Gasteiger charge is -2.12. The van der Waals surface area contributed by atoms with Gasteiger partial charge in [0.25, 0.3) is 0 Å². The van der Waals surface area contributed by atoms with E-state index in [2.05, 4.69) is 49.5 Å². The predicted octanol–water partition coefficient (Wildman–Crippen LogP) is 12.1. The highest BCUT2D eigenvalue weighted by atomic mass is 16.6. The van der Waals surface area contributed by atoms with Crippen LogP contribution in [0.25, 0.3) is 0 Å². The van der Waals surface area contributed by atoms with E-state index < -0.39 is 6.10 Å². The maximum absolute atomic E-state index is 12.0. The summed E-state index contributed by atoms with van der Waals surface area (Å²) in [5.74, 6) is -0.647. The minimum absolute atomic E-state index is 0.142. The van der Waals surface area contributed by atoms with Crippen molar-refractivity contribution in [2.24, 2.45) is 0 Å². The first-order valence-electron chi connectivity index (χ1n) is 20.9. The van der Waals surface area contributed by atoms with Gasteiger partial charge < -0.3 is 19.7 Å². The molecule has 0 aliphatic heterocycles. The Balaban J connectivity index is 3.52. The Bertz CT molecular complexity index is 918. The van der Waals surface area contributed by atoms with Gasteiger partial charge in [-0.1, -0.05) is 190 Å². The van der Waals surface area contributed by atoms with Crippen LogP contribution < -0.4 is 0 Å². The third-order valence-electron chi connectivity index (χ3n) is 8.92. The quantitative estimate of drug-likeness (QED) is 0.0288. The molecular formula is C45H78O6. The van der Waals surface area contributed by atoms with Crippen molar-refractivity contribution >= 4 is 11.9 Å². The lowest BCUT2D eigenvalue weighted by atomic mass is 10.0. The molecule has 0 heterocycles. The van der Waals surface area contributed by atoms with E-state index in [1.807, 2.05) is 19.1 Å². The lowest BCUT2D eigenvalue weighted by Crippen LogP contribution is -2.25. The first-order chi connectivity index (χ1) is 25.0. The number of allylic oxidation sites excluding steroid dienone is 9. The van der Waals surface area contributed by atoms with Crippen LogP contribution in [0.15, 0.2) is 60.8 Å². The number of hydrogen-bond acceptors (Lipinski definition) is 6. The van der Waals surface area contributed by atoms with Crippen molar-refractivity contribution in [2.75, 3.05) is 13.2 Å². The average Bonchev–Trinajstić information content (AvgIpc) is 3.13. The van der Waals surface area contributed by atoms with Gasteiger partial charge in [0.15, 0.2) is 0 Å². The summed E-state index contributed by atoms with van der Waals surface area (Å²) in [7, 11) is 0. The van der Waals surface area contributed by atoms with Gasteiger partial charge in [-0.2, -0.15) is 0 Å². The van der Waals surface area contributed by atoms with Gasteiger partial charge in [-0.05, 0) is 44.9 Å². The summed E-state index contributed by atoms with van der Waals surface area (Å²) in [6.45, 7) is 3.93. The molecule has 0 aliphatic rings. The maximum atomic E-state index is 12.0. The van der Waals surface area contributed by atoms with Crippen LogP contribution in [0.4, 0.5) is 0 Å². The van der Waals surface area contributed by atoms with Gasteiger partial charge in [-0.25, -0.2) is 0 Å². The molecule has 0 fully saturated rings. The molecule has 51 heavy (non-hydrogen) atoms. The second kappa shape index (κ2) is 40.3. The van der Waals surface area contributed by atoms with Gasteiger partial charge in [0.1, 0.15) is 19.3 Å². The second-order valence-electron chi connectivity index (χ2n) is 13.9. The van der Waals surface area contributed by atoms with Crippen LogP contribution in [0.3, 0.4) is 0 Å². The Morgan fingerprint density at radius 1 is 0.490 bits per heavy atom. The Morgan fingerprint density at radius 3 is 1.33 bits per heavy atom. The summed E-state index contributed by atoms with van der Waals surface area (Å²) in [6, 6.07) is 0. The van der Waals surface area contributed by atoms with Gasteiger partial charge in [0.05, 0.1) is 6.10 Å². The molecule has 0 saturated carbocycles. The van der Waals surface area contributed by atoms with E-state index in [4.69, 9.17) is 9.47 Å². The molecule has 2 atom stereocenters. The molecule has 0 saturated heterocycles. The zero-order valence-corrected chi connectivity index (χ0v) is 33.0. The zero-order chi connectivity index (χ0) is 37.3. The average molecular weight is 715 g/mol. The fraction of sp³-hybridized carbons (Fsp3) is 0.733. The highest BCUT2D eigenvalue weighted by molar-refractivity contribution is 5.69. The highest BCUT2D eigenvalue weighted by Gasteiger charge is 2.12. The van der Waals surface area contributed by atoms with Crippen LogP contribution in [0.1, 0.15) is 187 Å². The molecule has 6 nitrogen and oxygen atoms in total. The van der Waals surface area contributed by atoms with Crippen LogP contribution in [-0.4, -0.2) is 47.6 Å². The molecule has 0 amide bonds. The van der Waals surface area contributed by atoms with Crippen molar-refractivity contribution in [1.29, 1.82) is 0 Å². The van der Waals surface area contributed by atoms with Crippen LogP contribution in [0.2, 0.25) is 0 Å². The Morgan fingerprint density at radius 2 is 0.882 bits per heavy atom. The molecule has 0 aromatic heterocycles. The third-order valence-corrected chi connectivity index (χ3v) is 8.92. The van der Waals surface area contributed by atoms with E-state index in [9.17, 15) is 19.8 Å². The second-order valence-corrected chi connectivity index (χ2v) is 13.9. The van der Waals surface area contributed by atoms with E-state index in [1.165, 1.54) is 103 Å². The monoisotopic (exact) mass is 715 g/mol. The third kappa shape index (κ3) is 40.2. The SMILES string of the molecule is CCCCCCCCCCCCCCCCCCCCCC(=O)OC[C@@H](O)COC(=O)CCC/C=C\C/C=C\C/C=C\C/C=C\C=C\[C@@H](O)CC. The van der Waals surface area contributed by atoms with Crippen molar-refractivity contribution < 1.29 is 29.3 Å². The number of esters is 2. The summed E-state index contributed by atoms with van der Waals surface area (Å²) < 4.78 is 10.3. The normalized spacial score (nSPS) is 13.4. The molecule has 0 bridgehead atoms. The highest BCUT2D eigenvalue weighted by Crippen LogP contribution is 2.15. The van der Waals surface area contributed by atoms with Crippen molar-refractivity contribution in [3.63, 3.8) is 0 Å². The molecule has 0 unspecified atom stereocenters. The molecule has 0 spiro atoms. The summed E-state index contributed by atoms with van der Waals surface area (Å²) >= 11 is 0. The van der Waals surface area contributed by atoms with Crippen molar-refractivity contribution in [1.82, 2.24) is 0 Å². The fourth-order valence-corrected chi connectivity index (χ4v) is 5.60. The predicted molar refractivity (Wildman–Crippen MR) is 216 cm³/mol. The van der Waals surface area contributed by atoms with Crippen LogP contribution in [0, 0.1) is 0 Å². The summed E-state index contributed by atoms with van der Waals surface area (Å²) in [6.07, 6.45) is 49.5. The fourth-order valence-electron chi connectivity index (χ4n) is 5.60. The first kappa shape index (κ1) is 48.6. The molecule has 0 aromatic rings. The minimum atomic E-state index is -0.997. The number of aliphatic hydroxyl groups excluding tert-OH is 2. The zero-order valence-electron chi connectivity index (χ0n) is 33.0. The standard InChI is InChI=1S/C45H78O6/c1-3-5-6-7-8-9-10-11-12-13-14-15-16-20-23-26-29-32-35-38-44(48)50-40-43(47)41-51-45(49)39-36-33-30-27-24-21-18-17-19-22-25-28-31-34-37-42(46)4-2/h18-19,21-22,27-28,30-31,34,37,42-43,46-47H,3-17,20,23-26,29,32-33,35-36,38-41H2,1-2H3/b21-18-,22-19-,30-27-,31-28-,37-34+/t42-,43+/m0/s1.